The molecular weight excluding hydrogens is 379 g/mol. The van der Waals surface area contributed by atoms with Gasteiger partial charge in [0, 0.05) is 43.7 Å². The number of hydrogen-bond donors (Lipinski definition) is 0. The van der Waals surface area contributed by atoms with Crippen molar-refractivity contribution in [2.75, 3.05) is 19.6 Å². The fourth-order valence-corrected chi connectivity index (χ4v) is 3.66. The van der Waals surface area contributed by atoms with Gasteiger partial charge in [0.1, 0.15) is 5.82 Å². The summed E-state index contributed by atoms with van der Waals surface area (Å²) in [7, 11) is 0. The van der Waals surface area contributed by atoms with Crippen molar-refractivity contribution in [1.29, 1.82) is 0 Å². The Labute approximate surface area is 177 Å². The van der Waals surface area contributed by atoms with Gasteiger partial charge in [-0.15, -0.1) is 6.58 Å². The van der Waals surface area contributed by atoms with Crippen LogP contribution in [0.2, 0.25) is 0 Å². The molecule has 0 saturated carbocycles. The second-order valence-corrected chi connectivity index (χ2v) is 7.44. The first-order valence-electron chi connectivity index (χ1n) is 10.2. The van der Waals surface area contributed by atoms with Crippen LogP contribution in [0.25, 0.3) is 6.08 Å². The summed E-state index contributed by atoms with van der Waals surface area (Å²) >= 11 is 0. The third kappa shape index (κ3) is 5.66. The summed E-state index contributed by atoms with van der Waals surface area (Å²) in [5.41, 5.74) is 1.47. The topological polar surface area (TPSA) is 40.6 Å². The SMILES string of the molecule is C=CCN(Cc1ccccc1F)C(=O)C1CCN(C(=O)C=Cc2ccccc2)CC1. The van der Waals surface area contributed by atoms with Crippen LogP contribution in [0.3, 0.4) is 0 Å². The van der Waals surface area contributed by atoms with E-state index in [0.717, 1.165) is 5.56 Å². The van der Waals surface area contributed by atoms with Crippen LogP contribution in [0.1, 0.15) is 24.0 Å². The molecule has 0 spiro atoms. The third-order valence-corrected chi connectivity index (χ3v) is 5.35. The Morgan fingerprint density at radius 3 is 2.40 bits per heavy atom. The predicted molar refractivity (Wildman–Crippen MR) is 117 cm³/mol. The number of benzene rings is 2. The fourth-order valence-electron chi connectivity index (χ4n) is 3.66. The van der Waals surface area contributed by atoms with Crippen molar-refractivity contribution < 1.29 is 14.0 Å². The zero-order valence-corrected chi connectivity index (χ0v) is 17.0. The van der Waals surface area contributed by atoms with E-state index in [9.17, 15) is 14.0 Å². The molecule has 3 rings (SSSR count). The van der Waals surface area contributed by atoms with Crippen molar-refractivity contribution in [2.45, 2.75) is 19.4 Å². The maximum absolute atomic E-state index is 14.0. The number of amides is 2. The van der Waals surface area contributed by atoms with Crippen LogP contribution >= 0.6 is 0 Å². The first-order valence-corrected chi connectivity index (χ1v) is 10.2. The first-order chi connectivity index (χ1) is 14.6. The summed E-state index contributed by atoms with van der Waals surface area (Å²) in [6.07, 6.45) is 6.26. The van der Waals surface area contributed by atoms with Crippen LogP contribution in [0.15, 0.2) is 73.3 Å². The molecule has 0 radical (unpaired) electrons. The highest BCUT2D eigenvalue weighted by Gasteiger charge is 2.29. The normalized spacial score (nSPS) is 14.6. The van der Waals surface area contributed by atoms with Crippen LogP contribution in [0, 0.1) is 11.7 Å². The Morgan fingerprint density at radius 1 is 1.07 bits per heavy atom. The van der Waals surface area contributed by atoms with Gasteiger partial charge in [0.2, 0.25) is 11.8 Å². The van der Waals surface area contributed by atoms with E-state index in [1.807, 2.05) is 30.3 Å². The highest BCUT2D eigenvalue weighted by Crippen LogP contribution is 2.22. The largest absolute Gasteiger partial charge is 0.339 e. The fraction of sp³-hybridized carbons (Fsp3) is 0.280. The van der Waals surface area contributed by atoms with Gasteiger partial charge < -0.3 is 9.80 Å². The summed E-state index contributed by atoms with van der Waals surface area (Å²) in [6.45, 7) is 5.39. The minimum absolute atomic E-state index is 0.00919. The van der Waals surface area contributed by atoms with Crippen LogP contribution in [-0.4, -0.2) is 41.2 Å². The van der Waals surface area contributed by atoms with E-state index in [4.69, 9.17) is 0 Å². The van der Waals surface area contributed by atoms with Crippen molar-refractivity contribution in [1.82, 2.24) is 9.80 Å². The molecule has 2 aromatic rings. The van der Waals surface area contributed by atoms with Crippen molar-refractivity contribution in [2.24, 2.45) is 5.92 Å². The number of hydrogen-bond acceptors (Lipinski definition) is 2. The minimum atomic E-state index is -0.315. The molecule has 2 aromatic carbocycles. The molecule has 1 aliphatic heterocycles. The summed E-state index contributed by atoms with van der Waals surface area (Å²) in [6, 6.07) is 16.2. The summed E-state index contributed by atoms with van der Waals surface area (Å²) in [5.74, 6) is -0.534. The number of carbonyl (C=O) groups is 2. The van der Waals surface area contributed by atoms with Gasteiger partial charge in [-0.2, -0.15) is 0 Å². The number of halogens is 1. The summed E-state index contributed by atoms with van der Waals surface area (Å²) < 4.78 is 14.0. The van der Waals surface area contributed by atoms with E-state index in [2.05, 4.69) is 6.58 Å². The van der Waals surface area contributed by atoms with Gasteiger partial charge in [-0.25, -0.2) is 4.39 Å². The van der Waals surface area contributed by atoms with Gasteiger partial charge in [-0.1, -0.05) is 54.6 Å². The minimum Gasteiger partial charge on any atom is -0.339 e. The standard InChI is InChI=1S/C25H27FN2O2/c1-2-16-28(19-22-10-6-7-11-23(22)26)25(30)21-14-17-27(18-15-21)24(29)13-12-20-8-4-3-5-9-20/h2-13,21H,1,14-19H2. The van der Waals surface area contributed by atoms with Gasteiger partial charge >= 0.3 is 0 Å². The molecule has 0 unspecified atom stereocenters. The van der Waals surface area contributed by atoms with E-state index >= 15 is 0 Å². The average molecular weight is 407 g/mol. The number of nitrogens with zero attached hydrogens (tertiary/aromatic N) is 2. The molecule has 1 saturated heterocycles. The van der Waals surface area contributed by atoms with Gasteiger partial charge in [0.25, 0.3) is 0 Å². The lowest BCUT2D eigenvalue weighted by Gasteiger charge is -2.33. The van der Waals surface area contributed by atoms with Gasteiger partial charge in [-0.05, 0) is 30.5 Å². The quantitative estimate of drug-likeness (QED) is 0.508. The molecule has 2 amide bonds. The van der Waals surface area contributed by atoms with Crippen molar-refractivity contribution >= 4 is 17.9 Å². The summed E-state index contributed by atoms with van der Waals surface area (Å²) in [5, 5.41) is 0. The van der Waals surface area contributed by atoms with E-state index in [-0.39, 0.29) is 30.1 Å². The van der Waals surface area contributed by atoms with Crippen LogP contribution < -0.4 is 0 Å². The van der Waals surface area contributed by atoms with Gasteiger partial charge in [0.15, 0.2) is 0 Å². The second-order valence-electron chi connectivity index (χ2n) is 7.44. The first kappa shape index (κ1) is 21.5. The molecule has 0 aromatic heterocycles. The third-order valence-electron chi connectivity index (χ3n) is 5.35. The average Bonchev–Trinajstić information content (AvgIpc) is 2.79. The maximum atomic E-state index is 14.0. The molecule has 0 aliphatic carbocycles. The molecular formula is C25H27FN2O2. The molecule has 1 fully saturated rings. The van der Waals surface area contributed by atoms with E-state index < -0.39 is 0 Å². The van der Waals surface area contributed by atoms with Crippen LogP contribution in [0.5, 0.6) is 0 Å². The lowest BCUT2D eigenvalue weighted by Crippen LogP contribution is -2.44. The predicted octanol–water partition coefficient (Wildman–Crippen LogP) is 4.29. The Bertz CT molecular complexity index is 902. The van der Waals surface area contributed by atoms with E-state index in [1.54, 1.807) is 46.2 Å². The van der Waals surface area contributed by atoms with Crippen molar-refractivity contribution in [3.63, 3.8) is 0 Å². The molecule has 1 aliphatic rings. The highest BCUT2D eigenvalue weighted by molar-refractivity contribution is 5.92. The summed E-state index contributed by atoms with van der Waals surface area (Å²) in [4.78, 5) is 28.9. The lowest BCUT2D eigenvalue weighted by atomic mass is 9.94. The Morgan fingerprint density at radius 2 is 1.73 bits per heavy atom. The Hall–Kier alpha value is -3.21. The van der Waals surface area contributed by atoms with Gasteiger partial charge in [0.05, 0.1) is 0 Å². The number of rotatable bonds is 7. The molecule has 1 heterocycles. The van der Waals surface area contributed by atoms with Crippen molar-refractivity contribution in [3.05, 3.63) is 90.3 Å². The lowest BCUT2D eigenvalue weighted by molar-refractivity contribution is -0.139. The number of piperidine rings is 1. The van der Waals surface area contributed by atoms with Gasteiger partial charge in [-0.3, -0.25) is 9.59 Å². The second kappa shape index (κ2) is 10.5. The zero-order chi connectivity index (χ0) is 21.3. The van der Waals surface area contributed by atoms with Crippen LogP contribution in [-0.2, 0) is 16.1 Å². The Balaban J connectivity index is 1.56. The molecule has 156 valence electrons. The number of likely N-dealkylation sites (tertiary alicyclic amines) is 1. The molecule has 5 heteroatoms. The van der Waals surface area contributed by atoms with E-state index in [0.29, 0.717) is 38.0 Å². The number of carbonyl (C=O) groups excluding carboxylic acids is 2. The van der Waals surface area contributed by atoms with E-state index in [1.165, 1.54) is 6.07 Å². The molecule has 30 heavy (non-hydrogen) atoms. The Kier molecular flexibility index (Phi) is 7.55. The molecule has 4 nitrogen and oxygen atoms in total. The monoisotopic (exact) mass is 406 g/mol. The zero-order valence-electron chi connectivity index (χ0n) is 17.0. The highest BCUT2D eigenvalue weighted by atomic mass is 19.1. The molecule has 0 bridgehead atoms. The molecule has 0 atom stereocenters. The van der Waals surface area contributed by atoms with Crippen LogP contribution in [0.4, 0.5) is 4.39 Å². The van der Waals surface area contributed by atoms with Crippen molar-refractivity contribution in [3.8, 4) is 0 Å². The maximum Gasteiger partial charge on any atom is 0.246 e. The smallest absolute Gasteiger partial charge is 0.246 e. The molecule has 0 N–H and O–H groups in total.